The van der Waals surface area contributed by atoms with Crippen molar-refractivity contribution in [2.45, 2.75) is 6.92 Å². The molecule has 0 N–H and O–H groups in total. The van der Waals surface area contributed by atoms with Gasteiger partial charge in [0, 0.05) is 31.1 Å². The van der Waals surface area contributed by atoms with Crippen molar-refractivity contribution in [1.29, 1.82) is 0 Å². The summed E-state index contributed by atoms with van der Waals surface area (Å²) in [5.41, 5.74) is 1.19. The second-order valence-electron chi connectivity index (χ2n) is 5.05. The Kier molecular flexibility index (Phi) is 5.20. The van der Waals surface area contributed by atoms with Crippen LogP contribution in [-0.2, 0) is 0 Å². The smallest absolute Gasteiger partial charge is 0.259 e. The summed E-state index contributed by atoms with van der Waals surface area (Å²) in [6.07, 6.45) is 4.79. The zero-order chi connectivity index (χ0) is 17.6. The molecule has 0 radical (unpaired) electrons. The van der Waals surface area contributed by atoms with Gasteiger partial charge in [0.05, 0.1) is 17.4 Å². The second-order valence-corrected chi connectivity index (χ2v) is 5.43. The molecular formula is C18H15ClN4O2. The first kappa shape index (κ1) is 16.9. The maximum atomic E-state index is 12.7. The van der Waals surface area contributed by atoms with Crippen LogP contribution in [0.4, 0.5) is 5.69 Å². The number of aromatic nitrogens is 3. The molecule has 3 heterocycles. The number of hydrogen-bond acceptors (Lipinski definition) is 5. The average Bonchev–Trinajstić information content (AvgIpc) is 2.64. The van der Waals surface area contributed by atoms with Crippen LogP contribution in [0, 0.1) is 0 Å². The maximum Gasteiger partial charge on any atom is 0.259 e. The average molecular weight is 355 g/mol. The summed E-state index contributed by atoms with van der Waals surface area (Å²) in [5, 5.41) is 0.333. The highest BCUT2D eigenvalue weighted by molar-refractivity contribution is 6.29. The fraction of sp³-hybridized carbons (Fsp3) is 0.111. The molecule has 6 nitrogen and oxygen atoms in total. The molecule has 0 aliphatic heterocycles. The molecule has 0 aliphatic carbocycles. The molecule has 0 saturated carbocycles. The van der Waals surface area contributed by atoms with Crippen LogP contribution < -0.4 is 9.64 Å². The number of pyridine rings is 3. The molecule has 25 heavy (non-hydrogen) atoms. The summed E-state index contributed by atoms with van der Waals surface area (Å²) in [7, 11) is 0. The van der Waals surface area contributed by atoms with Gasteiger partial charge in [-0.15, -0.1) is 0 Å². The number of halogens is 1. The van der Waals surface area contributed by atoms with Crippen molar-refractivity contribution in [3.63, 3.8) is 0 Å². The molecule has 0 unspecified atom stereocenters. The standard InChI is InChI=1S/C18H15ClN4O2/c1-2-23(14-5-4-10-20-12-14)18(24)13-8-9-16(21-11-13)25-17-7-3-6-15(19)22-17/h3-12H,2H2,1H3. The van der Waals surface area contributed by atoms with Crippen LogP contribution in [0.2, 0.25) is 5.15 Å². The van der Waals surface area contributed by atoms with E-state index in [0.29, 0.717) is 29.0 Å². The van der Waals surface area contributed by atoms with Crippen LogP contribution in [0.15, 0.2) is 61.1 Å². The van der Waals surface area contributed by atoms with E-state index in [-0.39, 0.29) is 5.91 Å². The lowest BCUT2D eigenvalue weighted by Crippen LogP contribution is -2.30. The molecule has 0 aromatic carbocycles. The summed E-state index contributed by atoms with van der Waals surface area (Å²) in [5.74, 6) is 0.510. The Balaban J connectivity index is 1.76. The predicted octanol–water partition coefficient (Wildman–Crippen LogP) is 3.98. The molecule has 3 aromatic heterocycles. The van der Waals surface area contributed by atoms with Gasteiger partial charge in [-0.2, -0.15) is 0 Å². The van der Waals surface area contributed by atoms with Crippen molar-refractivity contribution in [2.75, 3.05) is 11.4 Å². The molecule has 0 spiro atoms. The number of amides is 1. The zero-order valence-corrected chi connectivity index (χ0v) is 14.2. The van der Waals surface area contributed by atoms with E-state index in [0.717, 1.165) is 5.69 Å². The van der Waals surface area contributed by atoms with Gasteiger partial charge < -0.3 is 9.64 Å². The molecule has 0 aliphatic rings. The summed E-state index contributed by atoms with van der Waals surface area (Å²) in [6, 6.07) is 12.0. The summed E-state index contributed by atoms with van der Waals surface area (Å²) in [6.45, 7) is 2.43. The number of anilines is 1. The lowest BCUT2D eigenvalue weighted by molar-refractivity contribution is 0.0988. The lowest BCUT2D eigenvalue weighted by atomic mass is 10.2. The molecule has 0 fully saturated rings. The Hall–Kier alpha value is -2.99. The summed E-state index contributed by atoms with van der Waals surface area (Å²) in [4.78, 5) is 26.6. The van der Waals surface area contributed by atoms with E-state index in [1.165, 1.54) is 6.20 Å². The third kappa shape index (κ3) is 4.10. The maximum absolute atomic E-state index is 12.7. The monoisotopic (exact) mass is 354 g/mol. The van der Waals surface area contributed by atoms with E-state index >= 15 is 0 Å². The molecule has 126 valence electrons. The van der Waals surface area contributed by atoms with Crippen LogP contribution in [0.5, 0.6) is 11.8 Å². The first-order valence-corrected chi connectivity index (χ1v) is 8.03. The number of hydrogen-bond donors (Lipinski definition) is 0. The largest absolute Gasteiger partial charge is 0.421 e. The number of nitrogens with zero attached hydrogens (tertiary/aromatic N) is 4. The minimum atomic E-state index is -0.157. The number of carbonyl (C=O) groups excluding carboxylic acids is 1. The SMILES string of the molecule is CCN(C(=O)c1ccc(Oc2cccc(Cl)n2)nc1)c1cccnc1. The molecular weight excluding hydrogens is 340 g/mol. The quantitative estimate of drug-likeness (QED) is 0.648. The third-order valence-electron chi connectivity index (χ3n) is 3.40. The second kappa shape index (κ2) is 7.72. The number of rotatable bonds is 5. The van der Waals surface area contributed by atoms with Crippen LogP contribution in [0.25, 0.3) is 0 Å². The van der Waals surface area contributed by atoms with E-state index in [2.05, 4.69) is 15.0 Å². The van der Waals surface area contributed by atoms with Crippen molar-refractivity contribution in [2.24, 2.45) is 0 Å². The predicted molar refractivity (Wildman–Crippen MR) is 95.1 cm³/mol. The number of ether oxygens (including phenoxy) is 1. The molecule has 0 atom stereocenters. The van der Waals surface area contributed by atoms with Gasteiger partial charge >= 0.3 is 0 Å². The Morgan fingerprint density at radius 1 is 1.12 bits per heavy atom. The third-order valence-corrected chi connectivity index (χ3v) is 3.61. The topological polar surface area (TPSA) is 68.2 Å². The van der Waals surface area contributed by atoms with Crippen molar-refractivity contribution in [3.05, 3.63) is 71.8 Å². The molecule has 1 amide bonds. The van der Waals surface area contributed by atoms with Gasteiger partial charge in [-0.05, 0) is 31.2 Å². The van der Waals surface area contributed by atoms with Gasteiger partial charge in [0.25, 0.3) is 5.91 Å². The fourth-order valence-corrected chi connectivity index (χ4v) is 2.39. The molecule has 3 aromatic rings. The van der Waals surface area contributed by atoms with Crippen molar-refractivity contribution in [3.8, 4) is 11.8 Å². The highest BCUT2D eigenvalue weighted by atomic mass is 35.5. The van der Waals surface area contributed by atoms with Gasteiger partial charge in [0.15, 0.2) is 0 Å². The Morgan fingerprint density at radius 2 is 2.00 bits per heavy atom. The fourth-order valence-electron chi connectivity index (χ4n) is 2.23. The van der Waals surface area contributed by atoms with E-state index in [1.807, 2.05) is 13.0 Å². The van der Waals surface area contributed by atoms with Gasteiger partial charge in [0.1, 0.15) is 5.15 Å². The van der Waals surface area contributed by atoms with Crippen LogP contribution in [0.3, 0.4) is 0 Å². The highest BCUT2D eigenvalue weighted by Gasteiger charge is 2.16. The van der Waals surface area contributed by atoms with Crippen LogP contribution >= 0.6 is 11.6 Å². The van der Waals surface area contributed by atoms with E-state index < -0.39 is 0 Å². The Labute approximate surface area is 150 Å². The van der Waals surface area contributed by atoms with Crippen molar-refractivity contribution >= 4 is 23.2 Å². The summed E-state index contributed by atoms with van der Waals surface area (Å²) < 4.78 is 5.52. The first-order valence-electron chi connectivity index (χ1n) is 7.65. The Morgan fingerprint density at radius 3 is 2.64 bits per heavy atom. The van der Waals surface area contributed by atoms with Crippen molar-refractivity contribution in [1.82, 2.24) is 15.0 Å². The van der Waals surface area contributed by atoms with Gasteiger partial charge in [0.2, 0.25) is 11.8 Å². The van der Waals surface area contributed by atoms with Gasteiger partial charge in [-0.25, -0.2) is 9.97 Å². The molecule has 7 heteroatoms. The lowest BCUT2D eigenvalue weighted by Gasteiger charge is -2.20. The Bertz CT molecular complexity index is 856. The molecule has 0 bridgehead atoms. The van der Waals surface area contributed by atoms with E-state index in [9.17, 15) is 4.79 Å². The molecule has 3 rings (SSSR count). The first-order chi connectivity index (χ1) is 12.2. The number of carbonyl (C=O) groups is 1. The zero-order valence-electron chi connectivity index (χ0n) is 13.5. The van der Waals surface area contributed by atoms with E-state index in [1.54, 1.807) is 53.7 Å². The van der Waals surface area contributed by atoms with Crippen molar-refractivity contribution < 1.29 is 9.53 Å². The van der Waals surface area contributed by atoms with E-state index in [4.69, 9.17) is 16.3 Å². The van der Waals surface area contributed by atoms with Gasteiger partial charge in [-0.3, -0.25) is 9.78 Å². The highest BCUT2D eigenvalue weighted by Crippen LogP contribution is 2.20. The van der Waals surface area contributed by atoms with Crippen LogP contribution in [0.1, 0.15) is 17.3 Å². The molecule has 0 saturated heterocycles. The minimum Gasteiger partial charge on any atom is -0.421 e. The normalized spacial score (nSPS) is 10.3. The summed E-state index contributed by atoms with van der Waals surface area (Å²) >= 11 is 5.82. The van der Waals surface area contributed by atoms with Crippen LogP contribution in [-0.4, -0.2) is 27.4 Å². The minimum absolute atomic E-state index is 0.157. The van der Waals surface area contributed by atoms with Gasteiger partial charge in [-0.1, -0.05) is 17.7 Å².